The van der Waals surface area contributed by atoms with E-state index in [0.29, 0.717) is 5.69 Å². The van der Waals surface area contributed by atoms with Crippen LogP contribution in [0.1, 0.15) is 23.0 Å². The van der Waals surface area contributed by atoms with Crippen molar-refractivity contribution in [3.63, 3.8) is 0 Å². The normalized spacial score (nSPS) is 10.8. The first-order valence-electron chi connectivity index (χ1n) is 8.05. The zero-order valence-corrected chi connectivity index (χ0v) is 14.5. The predicted molar refractivity (Wildman–Crippen MR) is 98.5 cm³/mol. The summed E-state index contributed by atoms with van der Waals surface area (Å²) in [5.41, 5.74) is 5.69. The maximum absolute atomic E-state index is 12.3. The van der Waals surface area contributed by atoms with Gasteiger partial charge in [-0.15, -0.1) is 0 Å². The molecule has 5 nitrogen and oxygen atoms in total. The minimum atomic E-state index is -0.0336. The molecule has 2 N–H and O–H groups in total. The third-order valence-corrected chi connectivity index (χ3v) is 4.17. The van der Waals surface area contributed by atoms with E-state index < -0.39 is 0 Å². The highest BCUT2D eigenvalue weighted by molar-refractivity contribution is 6.02. The molecule has 2 aromatic heterocycles. The van der Waals surface area contributed by atoms with Gasteiger partial charge in [-0.1, -0.05) is 6.92 Å². The van der Waals surface area contributed by atoms with Crippen LogP contribution in [0.4, 0.5) is 5.69 Å². The van der Waals surface area contributed by atoms with Gasteiger partial charge in [-0.25, -0.2) is 0 Å². The minimum absolute atomic E-state index is 0.0336. The number of anilines is 1. The van der Waals surface area contributed by atoms with Gasteiger partial charge >= 0.3 is 0 Å². The second-order valence-corrected chi connectivity index (χ2v) is 6.02. The van der Waals surface area contributed by atoms with Crippen molar-refractivity contribution < 1.29 is 4.79 Å². The molecule has 0 atom stereocenters. The Morgan fingerprint density at radius 2 is 2.04 bits per heavy atom. The Morgan fingerprint density at radius 1 is 1.25 bits per heavy atom. The van der Waals surface area contributed by atoms with E-state index in [4.69, 9.17) is 0 Å². The lowest BCUT2D eigenvalue weighted by Crippen LogP contribution is -2.21. The van der Waals surface area contributed by atoms with Crippen LogP contribution < -0.4 is 5.32 Å². The summed E-state index contributed by atoms with van der Waals surface area (Å²) in [6.45, 7) is 2.12. The second-order valence-electron chi connectivity index (χ2n) is 6.02. The number of nitrogens with one attached hydrogen (secondary N) is 2. The monoisotopic (exact) mass is 322 g/mol. The quantitative estimate of drug-likeness (QED) is 0.772. The number of hydrogen-bond acceptors (Lipinski definition) is 3. The third kappa shape index (κ3) is 2.85. The Hall–Kier alpha value is -2.82. The zero-order chi connectivity index (χ0) is 17.3. The molecule has 0 bridgehead atoms. The van der Waals surface area contributed by atoms with Crippen LogP contribution in [0, 0.1) is 0 Å². The number of aryl methyl sites for hydroxylation is 1. The highest BCUT2D eigenvalue weighted by Crippen LogP contribution is 2.30. The van der Waals surface area contributed by atoms with E-state index in [0.717, 1.165) is 34.3 Å². The molecule has 1 aromatic carbocycles. The molecule has 0 aliphatic heterocycles. The van der Waals surface area contributed by atoms with Gasteiger partial charge in [0.15, 0.2) is 0 Å². The van der Waals surface area contributed by atoms with E-state index >= 15 is 0 Å². The molecule has 0 aliphatic carbocycles. The fourth-order valence-electron chi connectivity index (χ4n) is 2.77. The van der Waals surface area contributed by atoms with E-state index in [1.54, 1.807) is 19.0 Å². The Balaban J connectivity index is 2.19. The van der Waals surface area contributed by atoms with Crippen LogP contribution in [0.25, 0.3) is 22.2 Å². The fourth-order valence-corrected chi connectivity index (χ4v) is 2.77. The number of aromatic amines is 1. The number of carbonyl (C=O) groups excluding carboxylic acids is 1. The lowest BCUT2D eigenvalue weighted by Gasteiger charge is -2.07. The van der Waals surface area contributed by atoms with Crippen molar-refractivity contribution >= 4 is 22.5 Å². The maximum Gasteiger partial charge on any atom is 0.269 e. The Bertz CT molecular complexity index is 878. The third-order valence-electron chi connectivity index (χ3n) is 4.17. The standard InChI is InChI=1S/C19H22N4O/c1-5-12-8-14(16-7-6-13(20-2)11-21-16)15-10-18(19(24)23(3)4)22-17(15)9-12/h6-11,20,22H,5H2,1-4H3. The van der Waals surface area contributed by atoms with Crippen molar-refractivity contribution in [2.24, 2.45) is 0 Å². The van der Waals surface area contributed by atoms with Crippen LogP contribution in [0.15, 0.2) is 36.5 Å². The van der Waals surface area contributed by atoms with Crippen molar-refractivity contribution in [3.8, 4) is 11.3 Å². The molecular formula is C19H22N4O. The first-order valence-corrected chi connectivity index (χ1v) is 8.05. The van der Waals surface area contributed by atoms with Crippen molar-refractivity contribution in [1.29, 1.82) is 0 Å². The van der Waals surface area contributed by atoms with E-state index in [1.165, 1.54) is 5.56 Å². The second kappa shape index (κ2) is 6.35. The van der Waals surface area contributed by atoms with Crippen LogP contribution in [0.5, 0.6) is 0 Å². The molecule has 1 amide bonds. The molecule has 0 saturated heterocycles. The first kappa shape index (κ1) is 16.1. The minimum Gasteiger partial charge on any atom is -0.387 e. The van der Waals surface area contributed by atoms with E-state index in [9.17, 15) is 4.79 Å². The van der Waals surface area contributed by atoms with Gasteiger partial charge in [-0.05, 0) is 42.3 Å². The molecule has 0 saturated carbocycles. The summed E-state index contributed by atoms with van der Waals surface area (Å²) in [5.74, 6) is -0.0336. The summed E-state index contributed by atoms with van der Waals surface area (Å²) in [7, 11) is 5.38. The first-order chi connectivity index (χ1) is 11.5. The molecular weight excluding hydrogens is 300 g/mol. The highest BCUT2D eigenvalue weighted by atomic mass is 16.2. The lowest BCUT2D eigenvalue weighted by atomic mass is 10.0. The van der Waals surface area contributed by atoms with Gasteiger partial charge < -0.3 is 15.2 Å². The molecule has 0 unspecified atom stereocenters. The van der Waals surface area contributed by atoms with Crippen LogP contribution in [0.2, 0.25) is 0 Å². The van der Waals surface area contributed by atoms with Crippen LogP contribution in [0.3, 0.4) is 0 Å². The van der Waals surface area contributed by atoms with Crippen molar-refractivity contribution in [2.45, 2.75) is 13.3 Å². The summed E-state index contributed by atoms with van der Waals surface area (Å²) >= 11 is 0. The fraction of sp³-hybridized carbons (Fsp3) is 0.263. The summed E-state index contributed by atoms with van der Waals surface area (Å²) in [4.78, 5) is 21.7. The molecule has 124 valence electrons. The highest BCUT2D eigenvalue weighted by Gasteiger charge is 2.15. The van der Waals surface area contributed by atoms with E-state index in [2.05, 4.69) is 34.3 Å². The SMILES string of the molecule is CCc1cc(-c2ccc(NC)cn2)c2cc(C(=O)N(C)C)[nH]c2c1. The van der Waals surface area contributed by atoms with Crippen LogP contribution in [-0.4, -0.2) is 41.9 Å². The Morgan fingerprint density at radius 3 is 2.62 bits per heavy atom. The van der Waals surface area contributed by atoms with Gasteiger partial charge in [0.1, 0.15) is 5.69 Å². The lowest BCUT2D eigenvalue weighted by molar-refractivity contribution is 0.0823. The topological polar surface area (TPSA) is 61.0 Å². The number of nitrogens with zero attached hydrogens (tertiary/aromatic N) is 2. The van der Waals surface area contributed by atoms with Gasteiger partial charge in [-0.3, -0.25) is 9.78 Å². The van der Waals surface area contributed by atoms with Crippen LogP contribution >= 0.6 is 0 Å². The molecule has 3 rings (SSSR count). The van der Waals surface area contributed by atoms with Gasteiger partial charge in [0.2, 0.25) is 0 Å². The molecule has 5 heteroatoms. The van der Waals surface area contributed by atoms with E-state index in [1.807, 2.05) is 31.4 Å². The maximum atomic E-state index is 12.3. The number of hydrogen-bond donors (Lipinski definition) is 2. The number of benzene rings is 1. The molecule has 2 heterocycles. The summed E-state index contributed by atoms with van der Waals surface area (Å²) in [6.07, 6.45) is 2.74. The average molecular weight is 322 g/mol. The van der Waals surface area contributed by atoms with Gasteiger partial charge in [0, 0.05) is 37.6 Å². The Kier molecular flexibility index (Phi) is 4.25. The number of amides is 1. The summed E-state index contributed by atoms with van der Waals surface area (Å²) in [5, 5.41) is 4.09. The van der Waals surface area contributed by atoms with Gasteiger partial charge in [0.25, 0.3) is 5.91 Å². The number of fused-ring (bicyclic) bond motifs is 1. The number of rotatable bonds is 4. The molecule has 0 radical (unpaired) electrons. The molecule has 0 spiro atoms. The molecule has 24 heavy (non-hydrogen) atoms. The van der Waals surface area contributed by atoms with Crippen molar-refractivity contribution in [1.82, 2.24) is 14.9 Å². The van der Waals surface area contributed by atoms with Gasteiger partial charge in [-0.2, -0.15) is 0 Å². The average Bonchev–Trinajstić information content (AvgIpc) is 3.04. The molecule has 0 fully saturated rings. The van der Waals surface area contributed by atoms with E-state index in [-0.39, 0.29) is 5.91 Å². The molecule has 3 aromatic rings. The Labute approximate surface area is 141 Å². The molecule has 0 aliphatic rings. The summed E-state index contributed by atoms with van der Waals surface area (Å²) in [6, 6.07) is 10.2. The smallest absolute Gasteiger partial charge is 0.269 e. The number of pyridine rings is 1. The largest absolute Gasteiger partial charge is 0.387 e. The zero-order valence-electron chi connectivity index (χ0n) is 14.5. The number of aromatic nitrogens is 2. The van der Waals surface area contributed by atoms with Crippen LogP contribution in [-0.2, 0) is 6.42 Å². The summed E-state index contributed by atoms with van der Waals surface area (Å²) < 4.78 is 0. The van der Waals surface area contributed by atoms with Crippen molar-refractivity contribution in [2.75, 3.05) is 26.5 Å². The number of carbonyl (C=O) groups is 1. The van der Waals surface area contributed by atoms with Gasteiger partial charge in [0.05, 0.1) is 17.6 Å². The number of H-pyrrole nitrogens is 1. The predicted octanol–water partition coefficient (Wildman–Crippen LogP) is 3.54. The van der Waals surface area contributed by atoms with Crippen molar-refractivity contribution in [3.05, 3.63) is 47.8 Å².